The van der Waals surface area contributed by atoms with E-state index < -0.39 is 15.1 Å². The topological polar surface area (TPSA) is 43.4 Å². The van der Waals surface area contributed by atoms with Crippen molar-refractivity contribution in [3.8, 4) is 5.75 Å². The van der Waals surface area contributed by atoms with Gasteiger partial charge in [0.05, 0.1) is 11.0 Å². The third-order valence-corrected chi connectivity index (χ3v) is 4.66. The molecule has 5 heteroatoms. The molecule has 0 aliphatic carbocycles. The molecule has 0 N–H and O–H groups in total. The van der Waals surface area contributed by atoms with Crippen LogP contribution in [0.2, 0.25) is 0 Å². The average Bonchev–Trinajstić information content (AvgIpc) is 2.23. The highest BCUT2D eigenvalue weighted by Crippen LogP contribution is 2.16. The van der Waals surface area contributed by atoms with E-state index in [1.165, 1.54) is 12.1 Å². The maximum Gasteiger partial charge on any atom is 0.155 e. The van der Waals surface area contributed by atoms with Gasteiger partial charge in [-0.05, 0) is 44.5 Å². The lowest BCUT2D eigenvalue weighted by atomic mass is 10.2. The minimum atomic E-state index is -3.09. The number of hydrogen-bond acceptors (Lipinski definition) is 3. The van der Waals surface area contributed by atoms with E-state index >= 15 is 0 Å². The summed E-state index contributed by atoms with van der Waals surface area (Å²) in [5.74, 6) is 0.163. The molecule has 0 spiro atoms. The lowest BCUT2D eigenvalue weighted by Crippen LogP contribution is -2.22. The van der Waals surface area contributed by atoms with E-state index in [0.29, 0.717) is 11.3 Å². The molecule has 0 aromatic heterocycles. The lowest BCUT2D eigenvalue weighted by Gasteiger charge is -2.09. The summed E-state index contributed by atoms with van der Waals surface area (Å²) in [6, 6.07) is 4.35. The SMILES string of the molecule is Cc1cc(OCCS(=O)(=O)C(C)C)ccc1F. The van der Waals surface area contributed by atoms with Gasteiger partial charge in [0.15, 0.2) is 9.84 Å². The monoisotopic (exact) mass is 260 g/mol. The van der Waals surface area contributed by atoms with Crippen molar-refractivity contribution in [1.82, 2.24) is 0 Å². The molecule has 1 aromatic carbocycles. The number of ether oxygens (including phenoxy) is 1. The van der Waals surface area contributed by atoms with Crippen molar-refractivity contribution in [3.63, 3.8) is 0 Å². The number of rotatable bonds is 5. The zero-order valence-electron chi connectivity index (χ0n) is 10.2. The first-order chi connectivity index (χ1) is 7.83. The minimum Gasteiger partial charge on any atom is -0.493 e. The van der Waals surface area contributed by atoms with Crippen LogP contribution in [0.25, 0.3) is 0 Å². The number of sulfone groups is 1. The van der Waals surface area contributed by atoms with E-state index in [0.717, 1.165) is 0 Å². The van der Waals surface area contributed by atoms with E-state index in [9.17, 15) is 12.8 Å². The highest BCUT2D eigenvalue weighted by molar-refractivity contribution is 7.91. The molecule has 0 fully saturated rings. The zero-order chi connectivity index (χ0) is 13.1. The molecule has 1 aromatic rings. The Morgan fingerprint density at radius 3 is 2.53 bits per heavy atom. The van der Waals surface area contributed by atoms with Gasteiger partial charge in [-0.15, -0.1) is 0 Å². The van der Waals surface area contributed by atoms with Crippen LogP contribution in [0.15, 0.2) is 18.2 Å². The fourth-order valence-corrected chi connectivity index (χ4v) is 2.01. The van der Waals surface area contributed by atoms with Gasteiger partial charge in [-0.25, -0.2) is 12.8 Å². The van der Waals surface area contributed by atoms with E-state index in [4.69, 9.17) is 4.74 Å². The second kappa shape index (κ2) is 5.49. The van der Waals surface area contributed by atoms with E-state index in [-0.39, 0.29) is 18.2 Å². The number of hydrogen-bond donors (Lipinski definition) is 0. The van der Waals surface area contributed by atoms with E-state index in [1.54, 1.807) is 26.8 Å². The molecule has 0 saturated heterocycles. The third-order valence-electron chi connectivity index (χ3n) is 2.48. The highest BCUT2D eigenvalue weighted by atomic mass is 32.2. The molecule has 0 aliphatic heterocycles. The summed E-state index contributed by atoms with van der Waals surface area (Å²) in [5, 5.41) is -0.402. The van der Waals surface area contributed by atoms with Crippen molar-refractivity contribution in [3.05, 3.63) is 29.6 Å². The summed E-state index contributed by atoms with van der Waals surface area (Å²) in [6.45, 7) is 4.99. The summed E-state index contributed by atoms with van der Waals surface area (Å²) in [6.07, 6.45) is 0. The molecule has 0 amide bonds. The van der Waals surface area contributed by atoms with Crippen molar-refractivity contribution in [2.24, 2.45) is 0 Å². The molecule has 0 saturated carbocycles. The Kier molecular flexibility index (Phi) is 4.51. The fourth-order valence-electron chi connectivity index (χ4n) is 1.22. The van der Waals surface area contributed by atoms with Crippen LogP contribution in [0.1, 0.15) is 19.4 Å². The molecule has 0 aliphatic rings. The van der Waals surface area contributed by atoms with Crippen molar-refractivity contribution in [2.75, 3.05) is 12.4 Å². The van der Waals surface area contributed by atoms with Gasteiger partial charge in [0.1, 0.15) is 18.2 Å². The smallest absolute Gasteiger partial charge is 0.155 e. The summed E-state index contributed by atoms with van der Waals surface area (Å²) >= 11 is 0. The summed E-state index contributed by atoms with van der Waals surface area (Å²) in [4.78, 5) is 0. The summed E-state index contributed by atoms with van der Waals surface area (Å²) in [5.41, 5.74) is 0.481. The fraction of sp³-hybridized carbons (Fsp3) is 0.500. The molecule has 0 atom stereocenters. The maximum atomic E-state index is 13.0. The van der Waals surface area contributed by atoms with Gasteiger partial charge in [0.2, 0.25) is 0 Å². The average molecular weight is 260 g/mol. The molecule has 0 bridgehead atoms. The predicted octanol–water partition coefficient (Wildman–Crippen LogP) is 2.34. The van der Waals surface area contributed by atoms with Crippen LogP contribution in [0.4, 0.5) is 4.39 Å². The van der Waals surface area contributed by atoms with Gasteiger partial charge in [-0.3, -0.25) is 0 Å². The third kappa shape index (κ3) is 4.00. The quantitative estimate of drug-likeness (QED) is 0.816. The number of halogens is 1. The zero-order valence-corrected chi connectivity index (χ0v) is 11.1. The number of aryl methyl sites for hydroxylation is 1. The van der Waals surface area contributed by atoms with Gasteiger partial charge in [0, 0.05) is 0 Å². The largest absolute Gasteiger partial charge is 0.493 e. The van der Waals surface area contributed by atoms with Crippen LogP contribution >= 0.6 is 0 Å². The van der Waals surface area contributed by atoms with Crippen molar-refractivity contribution >= 4 is 9.84 Å². The Bertz CT molecular complexity index is 481. The van der Waals surface area contributed by atoms with Crippen LogP contribution in [0.3, 0.4) is 0 Å². The molecule has 96 valence electrons. The first-order valence-electron chi connectivity index (χ1n) is 5.43. The summed E-state index contributed by atoms with van der Waals surface area (Å²) in [7, 11) is -3.09. The van der Waals surface area contributed by atoms with Crippen molar-refractivity contribution in [2.45, 2.75) is 26.0 Å². The van der Waals surface area contributed by atoms with Crippen LogP contribution in [0.5, 0.6) is 5.75 Å². The number of benzene rings is 1. The van der Waals surface area contributed by atoms with Gasteiger partial charge < -0.3 is 4.74 Å². The molecule has 0 unspecified atom stereocenters. The first-order valence-corrected chi connectivity index (χ1v) is 7.15. The first kappa shape index (κ1) is 14.0. The standard InChI is InChI=1S/C12H17FO3S/c1-9(2)17(14,15)7-6-16-11-4-5-12(13)10(3)8-11/h4-5,8-9H,6-7H2,1-3H3. The van der Waals surface area contributed by atoms with Crippen LogP contribution in [-0.2, 0) is 9.84 Å². The van der Waals surface area contributed by atoms with Crippen molar-refractivity contribution in [1.29, 1.82) is 0 Å². The van der Waals surface area contributed by atoms with E-state index in [2.05, 4.69) is 0 Å². The van der Waals surface area contributed by atoms with Gasteiger partial charge in [0.25, 0.3) is 0 Å². The molecule has 3 nitrogen and oxygen atoms in total. The molecule has 0 heterocycles. The Balaban J connectivity index is 2.55. The molecule has 0 radical (unpaired) electrons. The Labute approximate surface area is 102 Å². The normalized spacial score (nSPS) is 11.8. The highest BCUT2D eigenvalue weighted by Gasteiger charge is 2.15. The molecular formula is C12H17FO3S. The Morgan fingerprint density at radius 2 is 2.00 bits per heavy atom. The molecular weight excluding hydrogens is 243 g/mol. The van der Waals surface area contributed by atoms with Gasteiger partial charge in [-0.2, -0.15) is 0 Å². The Hall–Kier alpha value is -1.10. The van der Waals surface area contributed by atoms with Gasteiger partial charge in [-0.1, -0.05) is 0 Å². The van der Waals surface area contributed by atoms with E-state index in [1.807, 2.05) is 0 Å². The maximum absolute atomic E-state index is 13.0. The molecule has 1 rings (SSSR count). The second-order valence-electron chi connectivity index (χ2n) is 4.18. The van der Waals surface area contributed by atoms with Crippen molar-refractivity contribution < 1.29 is 17.5 Å². The summed E-state index contributed by atoms with van der Waals surface area (Å²) < 4.78 is 41.2. The van der Waals surface area contributed by atoms with Crippen LogP contribution in [0, 0.1) is 12.7 Å². The predicted molar refractivity (Wildman–Crippen MR) is 65.6 cm³/mol. The second-order valence-corrected chi connectivity index (χ2v) is 6.85. The van der Waals surface area contributed by atoms with Crippen LogP contribution in [-0.4, -0.2) is 26.0 Å². The Morgan fingerprint density at radius 1 is 1.35 bits per heavy atom. The lowest BCUT2D eigenvalue weighted by molar-refractivity contribution is 0.339. The van der Waals surface area contributed by atoms with Crippen LogP contribution < -0.4 is 4.74 Å². The molecule has 17 heavy (non-hydrogen) atoms. The van der Waals surface area contributed by atoms with Gasteiger partial charge >= 0.3 is 0 Å². The minimum absolute atomic E-state index is 0.0267.